The molecule has 5 heteroatoms. The number of hydrogen-bond acceptors (Lipinski definition) is 4. The van der Waals surface area contributed by atoms with Crippen molar-refractivity contribution in [2.45, 2.75) is 52.6 Å². The van der Waals surface area contributed by atoms with E-state index in [1.165, 1.54) is 0 Å². The largest absolute Gasteiger partial charge is 0.460 e. The lowest BCUT2D eigenvalue weighted by Crippen LogP contribution is -2.33. The number of esters is 1. The van der Waals surface area contributed by atoms with Crippen LogP contribution >= 0.6 is 0 Å². The zero-order valence-electron chi connectivity index (χ0n) is 11.9. The molecule has 0 aromatic carbocycles. The predicted octanol–water partition coefficient (Wildman–Crippen LogP) is 1.34. The summed E-state index contributed by atoms with van der Waals surface area (Å²) in [6.45, 7) is 8.46. The van der Waals surface area contributed by atoms with Crippen LogP contribution in [0.25, 0.3) is 0 Å². The number of carbonyl (C=O) groups is 2. The van der Waals surface area contributed by atoms with E-state index in [-0.39, 0.29) is 31.3 Å². The van der Waals surface area contributed by atoms with Gasteiger partial charge in [0.25, 0.3) is 0 Å². The zero-order valence-corrected chi connectivity index (χ0v) is 11.9. The molecular weight excluding hydrogens is 234 g/mol. The van der Waals surface area contributed by atoms with Crippen LogP contribution < -0.4 is 0 Å². The molecule has 18 heavy (non-hydrogen) atoms. The SMILES string of the molecule is CCN(CCCO)C(=O)CCC(=O)OC(C)(C)C. The van der Waals surface area contributed by atoms with E-state index < -0.39 is 5.60 Å². The predicted molar refractivity (Wildman–Crippen MR) is 69.0 cm³/mol. The summed E-state index contributed by atoms with van der Waals surface area (Å²) in [5, 5.41) is 8.73. The van der Waals surface area contributed by atoms with Crippen molar-refractivity contribution in [3.05, 3.63) is 0 Å². The zero-order chi connectivity index (χ0) is 14.2. The van der Waals surface area contributed by atoms with E-state index in [1.807, 2.05) is 6.92 Å². The normalized spacial score (nSPS) is 11.2. The van der Waals surface area contributed by atoms with Crippen molar-refractivity contribution in [3.63, 3.8) is 0 Å². The average Bonchev–Trinajstić information content (AvgIpc) is 2.25. The van der Waals surface area contributed by atoms with Crippen LogP contribution in [0, 0.1) is 0 Å². The van der Waals surface area contributed by atoms with Gasteiger partial charge >= 0.3 is 5.97 Å². The lowest BCUT2D eigenvalue weighted by molar-refractivity contribution is -0.156. The van der Waals surface area contributed by atoms with Gasteiger partial charge < -0.3 is 14.7 Å². The summed E-state index contributed by atoms with van der Waals surface area (Å²) in [6.07, 6.45) is 0.825. The Labute approximate surface area is 109 Å². The van der Waals surface area contributed by atoms with Gasteiger partial charge in [0, 0.05) is 26.1 Å². The monoisotopic (exact) mass is 259 g/mol. The highest BCUT2D eigenvalue weighted by molar-refractivity contribution is 5.81. The molecule has 0 saturated heterocycles. The van der Waals surface area contributed by atoms with E-state index in [0.29, 0.717) is 19.5 Å². The molecule has 0 fully saturated rings. The van der Waals surface area contributed by atoms with Gasteiger partial charge in [0.1, 0.15) is 5.60 Å². The molecule has 0 spiro atoms. The number of rotatable bonds is 7. The van der Waals surface area contributed by atoms with Crippen molar-refractivity contribution in [1.82, 2.24) is 4.90 Å². The smallest absolute Gasteiger partial charge is 0.306 e. The maximum Gasteiger partial charge on any atom is 0.306 e. The van der Waals surface area contributed by atoms with Crippen molar-refractivity contribution >= 4 is 11.9 Å². The summed E-state index contributed by atoms with van der Waals surface area (Å²) in [5.74, 6) is -0.425. The number of hydrogen-bond donors (Lipinski definition) is 1. The van der Waals surface area contributed by atoms with Crippen LogP contribution in [0.15, 0.2) is 0 Å². The summed E-state index contributed by atoms with van der Waals surface area (Å²) >= 11 is 0. The fourth-order valence-corrected chi connectivity index (χ4v) is 1.48. The van der Waals surface area contributed by atoms with Crippen molar-refractivity contribution in [1.29, 1.82) is 0 Å². The summed E-state index contributed by atoms with van der Waals surface area (Å²) in [7, 11) is 0. The van der Waals surface area contributed by atoms with E-state index in [2.05, 4.69) is 0 Å². The summed E-state index contributed by atoms with van der Waals surface area (Å²) in [5.41, 5.74) is -0.512. The van der Waals surface area contributed by atoms with Crippen LogP contribution in [0.1, 0.15) is 47.0 Å². The highest BCUT2D eigenvalue weighted by atomic mass is 16.6. The van der Waals surface area contributed by atoms with E-state index in [1.54, 1.807) is 25.7 Å². The number of aliphatic hydroxyl groups is 1. The first-order valence-corrected chi connectivity index (χ1v) is 6.40. The maximum absolute atomic E-state index is 11.8. The van der Waals surface area contributed by atoms with Crippen molar-refractivity contribution in [2.24, 2.45) is 0 Å². The summed E-state index contributed by atoms with van der Waals surface area (Å²) in [6, 6.07) is 0. The van der Waals surface area contributed by atoms with Crippen LogP contribution in [-0.2, 0) is 14.3 Å². The minimum absolute atomic E-state index is 0.0653. The van der Waals surface area contributed by atoms with Gasteiger partial charge in [0.2, 0.25) is 5.91 Å². The highest BCUT2D eigenvalue weighted by Crippen LogP contribution is 2.10. The molecular formula is C13H25NO4. The minimum Gasteiger partial charge on any atom is -0.460 e. The third-order valence-electron chi connectivity index (χ3n) is 2.28. The van der Waals surface area contributed by atoms with Crippen LogP contribution in [-0.4, -0.2) is 47.2 Å². The van der Waals surface area contributed by atoms with Gasteiger partial charge in [0.05, 0.1) is 6.42 Å². The standard InChI is InChI=1S/C13H25NO4/c1-5-14(9-6-10-15)11(16)7-8-12(17)18-13(2,3)4/h15H,5-10H2,1-4H3. The molecule has 5 nitrogen and oxygen atoms in total. The van der Waals surface area contributed by atoms with Crippen LogP contribution in [0.4, 0.5) is 0 Å². The molecule has 0 aromatic heterocycles. The molecule has 106 valence electrons. The Morgan fingerprint density at radius 3 is 2.28 bits per heavy atom. The summed E-state index contributed by atoms with van der Waals surface area (Å²) < 4.78 is 5.13. The van der Waals surface area contributed by atoms with E-state index in [0.717, 1.165) is 0 Å². The second-order valence-corrected chi connectivity index (χ2v) is 5.14. The number of amides is 1. The second-order valence-electron chi connectivity index (χ2n) is 5.14. The van der Waals surface area contributed by atoms with Gasteiger partial charge in [-0.2, -0.15) is 0 Å². The highest BCUT2D eigenvalue weighted by Gasteiger charge is 2.18. The molecule has 0 aliphatic heterocycles. The van der Waals surface area contributed by atoms with Gasteiger partial charge in [-0.25, -0.2) is 0 Å². The molecule has 0 aromatic rings. The number of ether oxygens (including phenoxy) is 1. The topological polar surface area (TPSA) is 66.8 Å². The molecule has 0 atom stereocenters. The fourth-order valence-electron chi connectivity index (χ4n) is 1.48. The number of carbonyl (C=O) groups excluding carboxylic acids is 2. The maximum atomic E-state index is 11.8. The average molecular weight is 259 g/mol. The first-order valence-electron chi connectivity index (χ1n) is 6.40. The molecule has 0 saturated carbocycles. The molecule has 0 aliphatic rings. The quantitative estimate of drug-likeness (QED) is 0.701. The Kier molecular flexibility index (Phi) is 7.59. The van der Waals surface area contributed by atoms with Crippen LogP contribution in [0.3, 0.4) is 0 Å². The third-order valence-corrected chi connectivity index (χ3v) is 2.28. The first-order chi connectivity index (χ1) is 8.30. The summed E-state index contributed by atoms with van der Waals surface area (Å²) in [4.78, 5) is 24.9. The van der Waals surface area contributed by atoms with Gasteiger partial charge in [-0.05, 0) is 34.1 Å². The van der Waals surface area contributed by atoms with E-state index >= 15 is 0 Å². The van der Waals surface area contributed by atoms with Gasteiger partial charge in [-0.3, -0.25) is 9.59 Å². The Morgan fingerprint density at radius 2 is 1.83 bits per heavy atom. The fraction of sp³-hybridized carbons (Fsp3) is 0.846. The minimum atomic E-state index is -0.512. The molecule has 0 aliphatic carbocycles. The third kappa shape index (κ3) is 8.06. The lowest BCUT2D eigenvalue weighted by atomic mass is 10.2. The van der Waals surface area contributed by atoms with Crippen molar-refractivity contribution in [2.75, 3.05) is 19.7 Å². The van der Waals surface area contributed by atoms with Gasteiger partial charge in [-0.15, -0.1) is 0 Å². The Morgan fingerprint density at radius 1 is 1.22 bits per heavy atom. The second kappa shape index (κ2) is 8.08. The molecule has 1 amide bonds. The molecule has 0 rings (SSSR count). The Balaban J connectivity index is 4.03. The molecule has 0 heterocycles. The van der Waals surface area contributed by atoms with Crippen molar-refractivity contribution < 1.29 is 19.4 Å². The molecule has 0 bridgehead atoms. The number of aliphatic hydroxyl groups excluding tert-OH is 1. The lowest BCUT2D eigenvalue weighted by Gasteiger charge is -2.22. The van der Waals surface area contributed by atoms with E-state index in [4.69, 9.17) is 9.84 Å². The van der Waals surface area contributed by atoms with Crippen molar-refractivity contribution in [3.8, 4) is 0 Å². The van der Waals surface area contributed by atoms with Crippen LogP contribution in [0.5, 0.6) is 0 Å². The molecule has 0 unspecified atom stereocenters. The van der Waals surface area contributed by atoms with Crippen LogP contribution in [0.2, 0.25) is 0 Å². The first kappa shape index (κ1) is 16.9. The number of nitrogens with zero attached hydrogens (tertiary/aromatic N) is 1. The van der Waals surface area contributed by atoms with Gasteiger partial charge in [0.15, 0.2) is 0 Å². The van der Waals surface area contributed by atoms with E-state index in [9.17, 15) is 9.59 Å². The Bertz CT molecular complexity index is 271. The Hall–Kier alpha value is -1.10. The molecule has 1 N–H and O–H groups in total. The van der Waals surface area contributed by atoms with Gasteiger partial charge in [-0.1, -0.05) is 0 Å². The molecule has 0 radical (unpaired) electrons.